The third kappa shape index (κ3) is 7.83. The van der Waals surface area contributed by atoms with E-state index in [0.717, 1.165) is 49.9 Å². The summed E-state index contributed by atoms with van der Waals surface area (Å²) in [6.45, 7) is 5.37. The lowest BCUT2D eigenvalue weighted by Crippen LogP contribution is -2.44. The zero-order valence-corrected chi connectivity index (χ0v) is 21.4. The largest absolute Gasteiger partial charge is 0.385 e. The van der Waals surface area contributed by atoms with E-state index in [0.29, 0.717) is 13.1 Å². The maximum Gasteiger partial charge on any atom is 0.321 e. The normalized spacial score (nSPS) is 14.1. The van der Waals surface area contributed by atoms with Crippen molar-refractivity contribution in [3.8, 4) is 0 Å². The fraction of sp³-hybridized carbons (Fsp3) is 0.345. The van der Waals surface area contributed by atoms with Gasteiger partial charge in [-0.15, -0.1) is 0 Å². The number of carbonyl (C=O) groups is 1. The van der Waals surface area contributed by atoms with Gasteiger partial charge < -0.3 is 20.1 Å². The second-order valence-electron chi connectivity index (χ2n) is 8.84. The Morgan fingerprint density at radius 1 is 0.944 bits per heavy atom. The van der Waals surface area contributed by atoms with Gasteiger partial charge in [0.1, 0.15) is 0 Å². The Kier molecular flexibility index (Phi) is 10.2. The summed E-state index contributed by atoms with van der Waals surface area (Å²) in [5.74, 6) is 0.207. The number of aliphatic hydroxyl groups is 1. The molecule has 7 heteroatoms. The summed E-state index contributed by atoms with van der Waals surface area (Å²) < 4.78 is 5.49. The molecular formula is C29H35N3O3S. The van der Waals surface area contributed by atoms with Gasteiger partial charge in [-0.2, -0.15) is 0 Å². The molecule has 0 atom stereocenters. The van der Waals surface area contributed by atoms with Gasteiger partial charge in [0.15, 0.2) is 0 Å². The third-order valence-corrected chi connectivity index (χ3v) is 7.20. The predicted molar refractivity (Wildman–Crippen MR) is 147 cm³/mol. The van der Waals surface area contributed by atoms with Crippen LogP contribution >= 0.6 is 11.8 Å². The summed E-state index contributed by atoms with van der Waals surface area (Å²) >= 11 is 1.34. The Morgan fingerprint density at radius 2 is 1.61 bits per heavy atom. The summed E-state index contributed by atoms with van der Waals surface area (Å²) in [6.07, 6.45) is 0.824. The lowest BCUT2D eigenvalue weighted by molar-refractivity contribution is 0.0351. The third-order valence-electron chi connectivity index (χ3n) is 6.49. The molecule has 36 heavy (non-hydrogen) atoms. The van der Waals surface area contributed by atoms with Gasteiger partial charge in [-0.05, 0) is 35.7 Å². The number of nitrogens with zero attached hydrogens (tertiary/aromatic N) is 2. The molecule has 2 amide bonds. The Hall–Kier alpha value is -2.84. The van der Waals surface area contributed by atoms with Crippen molar-refractivity contribution in [2.24, 2.45) is 0 Å². The van der Waals surface area contributed by atoms with Crippen molar-refractivity contribution >= 4 is 23.5 Å². The van der Waals surface area contributed by atoms with Crippen molar-refractivity contribution in [3.63, 3.8) is 0 Å². The average molecular weight is 506 g/mol. The molecule has 1 fully saturated rings. The molecule has 0 spiro atoms. The van der Waals surface area contributed by atoms with E-state index in [4.69, 9.17) is 4.74 Å². The van der Waals surface area contributed by atoms with E-state index < -0.39 is 0 Å². The van der Waals surface area contributed by atoms with Crippen LogP contribution in [0.15, 0.2) is 89.8 Å². The molecule has 1 heterocycles. The Morgan fingerprint density at radius 3 is 2.25 bits per heavy atom. The molecule has 4 rings (SSSR count). The van der Waals surface area contributed by atoms with E-state index in [1.54, 1.807) is 0 Å². The van der Waals surface area contributed by atoms with E-state index in [2.05, 4.69) is 58.7 Å². The number of benzene rings is 3. The zero-order valence-electron chi connectivity index (χ0n) is 20.6. The first kappa shape index (κ1) is 26.2. The molecule has 190 valence electrons. The van der Waals surface area contributed by atoms with Crippen molar-refractivity contribution in [3.05, 3.63) is 96.1 Å². The Labute approximate surface area is 218 Å². The lowest BCUT2D eigenvalue weighted by atomic mass is 9.88. The summed E-state index contributed by atoms with van der Waals surface area (Å²) in [5.41, 5.74) is 3.24. The van der Waals surface area contributed by atoms with Crippen molar-refractivity contribution in [1.29, 1.82) is 0 Å². The first-order valence-electron chi connectivity index (χ1n) is 12.5. The number of hydrogen-bond acceptors (Lipinski definition) is 5. The molecular weight excluding hydrogens is 470 g/mol. The molecule has 0 radical (unpaired) electrons. The smallest absolute Gasteiger partial charge is 0.321 e. The number of carbonyl (C=O) groups excluding carboxylic acids is 1. The van der Waals surface area contributed by atoms with Crippen molar-refractivity contribution in [2.75, 3.05) is 57.2 Å². The molecule has 1 saturated heterocycles. The summed E-state index contributed by atoms with van der Waals surface area (Å²) in [6, 6.07) is 28.5. The minimum Gasteiger partial charge on any atom is -0.385 e. The zero-order chi connectivity index (χ0) is 25.0. The fourth-order valence-electron chi connectivity index (χ4n) is 4.52. The molecule has 0 aromatic heterocycles. The van der Waals surface area contributed by atoms with E-state index in [1.165, 1.54) is 22.9 Å². The molecule has 0 saturated carbocycles. The van der Waals surface area contributed by atoms with Gasteiger partial charge in [-0.3, -0.25) is 4.90 Å². The number of thioether (sulfide) groups is 1. The highest BCUT2D eigenvalue weighted by molar-refractivity contribution is 7.99. The summed E-state index contributed by atoms with van der Waals surface area (Å²) in [5, 5.41) is 12.3. The van der Waals surface area contributed by atoms with Crippen LogP contribution in [0.2, 0.25) is 0 Å². The Bertz CT molecular complexity index is 1020. The number of nitrogens with one attached hydrogen (secondary N) is 1. The number of morpholine rings is 1. The minimum atomic E-state index is -0.103. The van der Waals surface area contributed by atoms with E-state index in [1.807, 2.05) is 41.3 Å². The number of amides is 2. The van der Waals surface area contributed by atoms with Crippen LogP contribution in [-0.4, -0.2) is 72.8 Å². The number of ether oxygens (including phenoxy) is 1. The van der Waals surface area contributed by atoms with E-state index in [9.17, 15) is 9.90 Å². The summed E-state index contributed by atoms with van der Waals surface area (Å²) in [4.78, 5) is 18.7. The van der Waals surface area contributed by atoms with Crippen molar-refractivity contribution in [2.45, 2.75) is 17.2 Å². The predicted octanol–water partition coefficient (Wildman–Crippen LogP) is 5.12. The maximum absolute atomic E-state index is 13.5. The second-order valence-corrected chi connectivity index (χ2v) is 9.85. The molecule has 1 aliphatic rings. The minimum absolute atomic E-state index is 0.00341. The number of hydrogen-bond donors (Lipinski definition) is 2. The number of rotatable bonds is 11. The quantitative estimate of drug-likeness (QED) is 0.280. The van der Waals surface area contributed by atoms with Crippen LogP contribution in [-0.2, 0) is 4.74 Å². The molecule has 1 aliphatic heterocycles. The number of aliphatic hydroxyl groups excluding tert-OH is 1. The van der Waals surface area contributed by atoms with Crippen molar-refractivity contribution in [1.82, 2.24) is 9.80 Å². The SMILES string of the molecule is O=C(Nc1cccc(SCO)c1)N(CCC(c1ccccc1)c1ccccc1)CCN1CCOCC1. The van der Waals surface area contributed by atoms with Gasteiger partial charge in [0, 0.05) is 49.2 Å². The van der Waals surface area contributed by atoms with Crippen LogP contribution in [0.5, 0.6) is 0 Å². The molecule has 3 aromatic rings. The molecule has 2 N–H and O–H groups in total. The average Bonchev–Trinajstić information content (AvgIpc) is 2.92. The Balaban J connectivity index is 1.48. The van der Waals surface area contributed by atoms with Crippen LogP contribution in [0.1, 0.15) is 23.5 Å². The first-order valence-corrected chi connectivity index (χ1v) is 13.5. The van der Waals surface area contributed by atoms with Gasteiger partial charge in [0.05, 0.1) is 19.2 Å². The van der Waals surface area contributed by atoms with E-state index >= 15 is 0 Å². The molecule has 0 aliphatic carbocycles. The molecule has 6 nitrogen and oxygen atoms in total. The monoisotopic (exact) mass is 505 g/mol. The van der Waals surface area contributed by atoms with Crippen molar-refractivity contribution < 1.29 is 14.6 Å². The first-order chi connectivity index (χ1) is 17.7. The second kappa shape index (κ2) is 14.0. The van der Waals surface area contributed by atoms with Crippen LogP contribution in [0.25, 0.3) is 0 Å². The number of urea groups is 1. The lowest BCUT2D eigenvalue weighted by Gasteiger charge is -2.31. The molecule has 0 bridgehead atoms. The van der Waals surface area contributed by atoms with Crippen LogP contribution in [0, 0.1) is 0 Å². The van der Waals surface area contributed by atoms with Gasteiger partial charge in [-0.1, -0.05) is 78.5 Å². The van der Waals surface area contributed by atoms with Gasteiger partial charge >= 0.3 is 6.03 Å². The summed E-state index contributed by atoms with van der Waals surface area (Å²) in [7, 11) is 0. The van der Waals surface area contributed by atoms with E-state index in [-0.39, 0.29) is 17.9 Å². The topological polar surface area (TPSA) is 65.0 Å². The molecule has 0 unspecified atom stereocenters. The van der Waals surface area contributed by atoms with Crippen LogP contribution in [0.3, 0.4) is 0 Å². The highest BCUT2D eigenvalue weighted by atomic mass is 32.2. The molecule has 3 aromatic carbocycles. The van der Waals surface area contributed by atoms with Gasteiger partial charge in [0.2, 0.25) is 0 Å². The number of anilines is 1. The van der Waals surface area contributed by atoms with Gasteiger partial charge in [-0.25, -0.2) is 4.79 Å². The standard InChI is InChI=1S/C29H35N3O3S/c33-23-36-27-13-7-12-26(22-27)30-29(34)32(17-16-31-18-20-35-21-19-31)15-14-28(24-8-3-1-4-9-24)25-10-5-2-6-11-25/h1-13,22,28,33H,14-21,23H2,(H,30,34). The fourth-order valence-corrected chi connectivity index (χ4v) is 5.06. The highest BCUT2D eigenvalue weighted by Crippen LogP contribution is 2.28. The highest BCUT2D eigenvalue weighted by Gasteiger charge is 2.21. The van der Waals surface area contributed by atoms with Crippen LogP contribution < -0.4 is 5.32 Å². The van der Waals surface area contributed by atoms with Gasteiger partial charge in [0.25, 0.3) is 0 Å². The maximum atomic E-state index is 13.5. The van der Waals surface area contributed by atoms with Crippen LogP contribution in [0.4, 0.5) is 10.5 Å².